The molecule has 20 heavy (non-hydrogen) atoms. The third-order valence-electron chi connectivity index (χ3n) is 4.40. The fraction of sp³-hybridized carbons (Fsp3) is 0.533. The maximum absolute atomic E-state index is 12.7. The molecule has 1 saturated heterocycles. The number of anilines is 2. The summed E-state index contributed by atoms with van der Waals surface area (Å²) in [7, 11) is 3.64. The van der Waals surface area contributed by atoms with Crippen LogP contribution in [0.15, 0.2) is 12.1 Å². The van der Waals surface area contributed by atoms with Gasteiger partial charge >= 0.3 is 0 Å². The van der Waals surface area contributed by atoms with Gasteiger partial charge in [0.15, 0.2) is 0 Å². The molecule has 0 saturated carbocycles. The Morgan fingerprint density at radius 3 is 2.85 bits per heavy atom. The Morgan fingerprint density at radius 2 is 2.20 bits per heavy atom. The minimum absolute atomic E-state index is 0.0178. The number of carbonyl (C=O) groups excluding carboxylic acids is 1. The molecule has 5 heteroatoms. The first-order valence-electron chi connectivity index (χ1n) is 7.10. The molecule has 0 bridgehead atoms. The first kappa shape index (κ1) is 13.2. The zero-order valence-electron chi connectivity index (χ0n) is 12.1. The number of likely N-dealkylation sites (N-methyl/N-ethyl adjacent to an activating group) is 1. The Hall–Kier alpha value is -1.75. The van der Waals surface area contributed by atoms with Gasteiger partial charge in [0.25, 0.3) is 0 Å². The molecule has 2 N–H and O–H groups in total. The largest absolute Gasteiger partial charge is 0.495 e. The number of rotatable bonds is 2. The number of hydrogen-bond acceptors (Lipinski definition) is 4. The molecule has 0 radical (unpaired) electrons. The molecular formula is C15H21N3O2. The second-order valence-electron chi connectivity index (χ2n) is 5.60. The molecular weight excluding hydrogens is 254 g/mol. The van der Waals surface area contributed by atoms with E-state index in [1.165, 1.54) is 0 Å². The molecule has 1 atom stereocenters. The van der Waals surface area contributed by atoms with Crippen molar-refractivity contribution >= 4 is 17.3 Å². The molecule has 1 aromatic rings. The summed E-state index contributed by atoms with van der Waals surface area (Å²) in [4.78, 5) is 16.7. The Balaban J connectivity index is 1.89. The van der Waals surface area contributed by atoms with Crippen molar-refractivity contribution in [1.29, 1.82) is 0 Å². The predicted octanol–water partition coefficient (Wildman–Crippen LogP) is 1.26. The Kier molecular flexibility index (Phi) is 3.30. The van der Waals surface area contributed by atoms with Gasteiger partial charge in [-0.05, 0) is 50.6 Å². The lowest BCUT2D eigenvalue weighted by Gasteiger charge is -2.25. The molecule has 1 fully saturated rings. The van der Waals surface area contributed by atoms with Crippen molar-refractivity contribution in [3.05, 3.63) is 17.7 Å². The molecule has 108 valence electrons. The standard InChI is InChI=1S/C15H21N3O2/c1-17-6-3-4-12(17)15(19)18-7-5-10-8-14(20-2)11(16)9-13(10)18/h8-9,12H,3-7,16H2,1-2H3. The van der Waals surface area contributed by atoms with Crippen LogP contribution in [0.1, 0.15) is 18.4 Å². The van der Waals surface area contributed by atoms with E-state index in [1.807, 2.05) is 24.1 Å². The highest BCUT2D eigenvalue weighted by Gasteiger charge is 2.35. The predicted molar refractivity (Wildman–Crippen MR) is 79.1 cm³/mol. The van der Waals surface area contributed by atoms with Gasteiger partial charge in [0.05, 0.1) is 18.8 Å². The molecule has 0 aromatic heterocycles. The van der Waals surface area contributed by atoms with Crippen molar-refractivity contribution < 1.29 is 9.53 Å². The van der Waals surface area contributed by atoms with Gasteiger partial charge in [-0.25, -0.2) is 0 Å². The van der Waals surface area contributed by atoms with Crippen LogP contribution in [0.25, 0.3) is 0 Å². The number of ether oxygens (including phenoxy) is 1. The van der Waals surface area contributed by atoms with Gasteiger partial charge in [-0.15, -0.1) is 0 Å². The SMILES string of the molecule is COc1cc2c(cc1N)N(C(=O)C1CCCN1C)CC2. The minimum Gasteiger partial charge on any atom is -0.495 e. The molecule has 0 aliphatic carbocycles. The number of nitrogens with zero attached hydrogens (tertiary/aromatic N) is 2. The average Bonchev–Trinajstić information content (AvgIpc) is 3.03. The fourth-order valence-electron chi connectivity index (χ4n) is 3.24. The summed E-state index contributed by atoms with van der Waals surface area (Å²) in [6.45, 7) is 1.74. The van der Waals surface area contributed by atoms with E-state index < -0.39 is 0 Å². The smallest absolute Gasteiger partial charge is 0.244 e. The van der Waals surface area contributed by atoms with E-state index in [4.69, 9.17) is 10.5 Å². The van der Waals surface area contributed by atoms with E-state index in [0.717, 1.165) is 43.6 Å². The van der Waals surface area contributed by atoms with E-state index in [9.17, 15) is 4.79 Å². The van der Waals surface area contributed by atoms with E-state index in [1.54, 1.807) is 7.11 Å². The summed E-state index contributed by atoms with van der Waals surface area (Å²) < 4.78 is 5.25. The molecule has 2 aliphatic rings. The molecule has 2 heterocycles. The first-order valence-corrected chi connectivity index (χ1v) is 7.10. The Bertz CT molecular complexity index is 544. The van der Waals surface area contributed by atoms with Crippen molar-refractivity contribution in [1.82, 2.24) is 4.90 Å². The number of carbonyl (C=O) groups is 1. The van der Waals surface area contributed by atoms with Crippen molar-refractivity contribution in [2.75, 3.05) is 37.9 Å². The van der Waals surface area contributed by atoms with Crippen LogP contribution >= 0.6 is 0 Å². The van der Waals surface area contributed by atoms with Crippen molar-refractivity contribution in [3.8, 4) is 5.75 Å². The van der Waals surface area contributed by atoms with Crippen LogP contribution in [0, 0.1) is 0 Å². The van der Waals surface area contributed by atoms with Crippen LogP contribution in [0.3, 0.4) is 0 Å². The van der Waals surface area contributed by atoms with Gasteiger partial charge < -0.3 is 15.4 Å². The van der Waals surface area contributed by atoms with E-state index >= 15 is 0 Å². The summed E-state index contributed by atoms with van der Waals surface area (Å²) in [5, 5.41) is 0. The highest BCUT2D eigenvalue weighted by Crippen LogP contribution is 2.36. The highest BCUT2D eigenvalue weighted by atomic mass is 16.5. The van der Waals surface area contributed by atoms with Crippen LogP contribution in [-0.4, -0.2) is 44.1 Å². The minimum atomic E-state index is 0.0178. The fourth-order valence-corrected chi connectivity index (χ4v) is 3.24. The van der Waals surface area contributed by atoms with Crippen LogP contribution in [-0.2, 0) is 11.2 Å². The molecule has 3 rings (SSSR count). The molecule has 1 amide bonds. The number of nitrogen functional groups attached to an aromatic ring is 1. The summed E-state index contributed by atoms with van der Waals surface area (Å²) in [5.74, 6) is 0.893. The first-order chi connectivity index (χ1) is 9.61. The number of amides is 1. The lowest BCUT2D eigenvalue weighted by atomic mass is 10.1. The van der Waals surface area contributed by atoms with Crippen molar-refractivity contribution in [3.63, 3.8) is 0 Å². The van der Waals surface area contributed by atoms with Gasteiger partial charge in [0.1, 0.15) is 5.75 Å². The van der Waals surface area contributed by atoms with E-state index in [0.29, 0.717) is 11.4 Å². The molecule has 0 spiro atoms. The lowest BCUT2D eigenvalue weighted by molar-refractivity contribution is -0.122. The van der Waals surface area contributed by atoms with Crippen LogP contribution in [0.5, 0.6) is 5.75 Å². The highest BCUT2D eigenvalue weighted by molar-refractivity contribution is 5.99. The third kappa shape index (κ3) is 2.02. The second kappa shape index (κ2) is 4.98. The Labute approximate surface area is 119 Å². The second-order valence-corrected chi connectivity index (χ2v) is 5.60. The van der Waals surface area contributed by atoms with Gasteiger partial charge in [-0.2, -0.15) is 0 Å². The van der Waals surface area contributed by atoms with Gasteiger partial charge in [0.2, 0.25) is 5.91 Å². The number of hydrogen-bond donors (Lipinski definition) is 1. The quantitative estimate of drug-likeness (QED) is 0.826. The van der Waals surface area contributed by atoms with Crippen LogP contribution in [0.2, 0.25) is 0 Å². The topological polar surface area (TPSA) is 58.8 Å². The summed E-state index contributed by atoms with van der Waals surface area (Å²) in [6, 6.07) is 3.84. The van der Waals surface area contributed by atoms with Crippen molar-refractivity contribution in [2.45, 2.75) is 25.3 Å². The molecule has 1 aromatic carbocycles. The zero-order chi connectivity index (χ0) is 14.3. The number of likely N-dealkylation sites (tertiary alicyclic amines) is 1. The number of fused-ring (bicyclic) bond motifs is 1. The van der Waals surface area contributed by atoms with E-state index in [2.05, 4.69) is 4.90 Å². The van der Waals surface area contributed by atoms with Crippen LogP contribution < -0.4 is 15.4 Å². The third-order valence-corrected chi connectivity index (χ3v) is 4.40. The molecule has 2 aliphatic heterocycles. The van der Waals surface area contributed by atoms with Gasteiger partial charge in [-0.3, -0.25) is 9.69 Å². The average molecular weight is 275 g/mol. The van der Waals surface area contributed by atoms with Crippen LogP contribution in [0.4, 0.5) is 11.4 Å². The molecule has 1 unspecified atom stereocenters. The normalized spacial score (nSPS) is 22.1. The maximum atomic E-state index is 12.7. The maximum Gasteiger partial charge on any atom is 0.244 e. The van der Waals surface area contributed by atoms with Gasteiger partial charge in [0, 0.05) is 12.2 Å². The lowest BCUT2D eigenvalue weighted by Crippen LogP contribution is -2.43. The number of methoxy groups -OCH3 is 1. The van der Waals surface area contributed by atoms with Gasteiger partial charge in [-0.1, -0.05) is 0 Å². The summed E-state index contributed by atoms with van der Waals surface area (Å²) in [5.41, 5.74) is 8.66. The summed E-state index contributed by atoms with van der Waals surface area (Å²) >= 11 is 0. The molecule has 5 nitrogen and oxygen atoms in total. The number of benzene rings is 1. The van der Waals surface area contributed by atoms with E-state index in [-0.39, 0.29) is 11.9 Å². The summed E-state index contributed by atoms with van der Waals surface area (Å²) in [6.07, 6.45) is 2.92. The monoisotopic (exact) mass is 275 g/mol. The van der Waals surface area contributed by atoms with Crippen molar-refractivity contribution in [2.24, 2.45) is 0 Å². The Morgan fingerprint density at radius 1 is 1.40 bits per heavy atom. The number of nitrogens with two attached hydrogens (primary N) is 1. The zero-order valence-corrected chi connectivity index (χ0v) is 12.1.